The average Bonchev–Trinajstić information content (AvgIpc) is 2.53. The van der Waals surface area contributed by atoms with Crippen LogP contribution in [-0.4, -0.2) is 11.9 Å². The molecule has 0 aliphatic rings. The first kappa shape index (κ1) is 21.7. The Morgan fingerprint density at radius 1 is 0.696 bits per heavy atom. The van der Waals surface area contributed by atoms with Crippen LogP contribution in [0.5, 0.6) is 0 Å². The Morgan fingerprint density at radius 2 is 1.09 bits per heavy atom. The van der Waals surface area contributed by atoms with Crippen LogP contribution in [0, 0.1) is 0 Å². The molecule has 0 aromatic rings. The first-order chi connectivity index (χ1) is 11.1. The maximum atomic E-state index is 11.7. The zero-order valence-electron chi connectivity index (χ0n) is 15.2. The molecule has 0 saturated carbocycles. The Bertz CT molecular complexity index is 317. The summed E-state index contributed by atoms with van der Waals surface area (Å²) in [7, 11) is 0. The standard InChI is InChI=1S/C19H34O4/c1-4-7-9-11-13-15-17(20)22-19(6-3)23-18(21)16-14-12-10-8-5-2/h6H,4-5,7-16H2,1-3H3. The molecule has 0 aromatic heterocycles. The predicted molar refractivity (Wildman–Crippen MR) is 92.7 cm³/mol. The Balaban J connectivity index is 3.83. The zero-order chi connectivity index (χ0) is 17.3. The van der Waals surface area contributed by atoms with Crippen LogP contribution in [-0.2, 0) is 19.1 Å². The molecule has 0 heterocycles. The molecule has 0 saturated heterocycles. The lowest BCUT2D eigenvalue weighted by Crippen LogP contribution is -2.11. The van der Waals surface area contributed by atoms with Crippen molar-refractivity contribution in [2.45, 2.75) is 97.8 Å². The maximum absolute atomic E-state index is 11.7. The van der Waals surface area contributed by atoms with Crippen molar-refractivity contribution in [1.82, 2.24) is 0 Å². The molecule has 0 rings (SSSR count). The molecule has 0 atom stereocenters. The molecule has 4 nitrogen and oxygen atoms in total. The lowest BCUT2D eigenvalue weighted by molar-refractivity contribution is -0.154. The summed E-state index contributed by atoms with van der Waals surface area (Å²) >= 11 is 0. The van der Waals surface area contributed by atoms with Crippen LogP contribution in [0.25, 0.3) is 0 Å². The molecule has 0 aliphatic heterocycles. The van der Waals surface area contributed by atoms with Crippen LogP contribution < -0.4 is 0 Å². The molecule has 0 radical (unpaired) electrons. The van der Waals surface area contributed by atoms with Crippen LogP contribution in [0.1, 0.15) is 97.8 Å². The number of carbonyl (C=O) groups excluding carboxylic acids is 2. The van der Waals surface area contributed by atoms with Crippen molar-refractivity contribution in [1.29, 1.82) is 0 Å². The van der Waals surface area contributed by atoms with Gasteiger partial charge in [-0.15, -0.1) is 0 Å². The summed E-state index contributed by atoms with van der Waals surface area (Å²) in [6.07, 6.45) is 13.0. The van der Waals surface area contributed by atoms with E-state index in [4.69, 9.17) is 9.47 Å². The second kappa shape index (κ2) is 15.6. The topological polar surface area (TPSA) is 52.6 Å². The molecule has 0 N–H and O–H groups in total. The molecule has 0 fully saturated rings. The SMILES string of the molecule is CC=C(OC(=O)CCCCCCC)OC(=O)CCCCCCC. The van der Waals surface area contributed by atoms with E-state index in [1.54, 1.807) is 6.92 Å². The average molecular weight is 326 g/mol. The monoisotopic (exact) mass is 326 g/mol. The molecule has 0 amide bonds. The molecular formula is C19H34O4. The Hall–Kier alpha value is -1.32. The van der Waals surface area contributed by atoms with E-state index in [1.807, 2.05) is 0 Å². The fraction of sp³-hybridized carbons (Fsp3) is 0.789. The second-order valence-electron chi connectivity index (χ2n) is 5.88. The highest BCUT2D eigenvalue weighted by Gasteiger charge is 2.12. The van der Waals surface area contributed by atoms with Crippen LogP contribution in [0.15, 0.2) is 12.0 Å². The van der Waals surface area contributed by atoms with Gasteiger partial charge in [-0.1, -0.05) is 65.2 Å². The number of allylic oxidation sites excluding steroid dienone is 1. The van der Waals surface area contributed by atoms with Gasteiger partial charge in [-0.05, 0) is 25.8 Å². The Kier molecular flexibility index (Phi) is 14.7. The summed E-state index contributed by atoms with van der Waals surface area (Å²) in [5.74, 6) is -0.641. The van der Waals surface area contributed by atoms with Gasteiger partial charge in [0.1, 0.15) is 0 Å². The van der Waals surface area contributed by atoms with E-state index in [-0.39, 0.29) is 17.9 Å². The number of ether oxygens (including phenoxy) is 2. The molecule has 23 heavy (non-hydrogen) atoms. The van der Waals surface area contributed by atoms with E-state index in [1.165, 1.54) is 31.8 Å². The van der Waals surface area contributed by atoms with Crippen molar-refractivity contribution >= 4 is 11.9 Å². The van der Waals surface area contributed by atoms with Gasteiger partial charge in [-0.25, -0.2) is 0 Å². The molecule has 0 bridgehead atoms. The predicted octanol–water partition coefficient (Wildman–Crippen LogP) is 5.66. The first-order valence-electron chi connectivity index (χ1n) is 9.21. The van der Waals surface area contributed by atoms with Gasteiger partial charge in [0.2, 0.25) is 0 Å². The number of hydrogen-bond acceptors (Lipinski definition) is 4. The fourth-order valence-electron chi connectivity index (χ4n) is 2.21. The zero-order valence-corrected chi connectivity index (χ0v) is 15.2. The second-order valence-corrected chi connectivity index (χ2v) is 5.88. The van der Waals surface area contributed by atoms with E-state index >= 15 is 0 Å². The van der Waals surface area contributed by atoms with Crippen molar-refractivity contribution in [3.63, 3.8) is 0 Å². The normalized spacial score (nSPS) is 10.2. The van der Waals surface area contributed by atoms with Crippen LogP contribution in [0.4, 0.5) is 0 Å². The molecule has 0 unspecified atom stereocenters. The van der Waals surface area contributed by atoms with E-state index in [0.29, 0.717) is 12.8 Å². The van der Waals surface area contributed by atoms with Crippen molar-refractivity contribution in [2.24, 2.45) is 0 Å². The van der Waals surface area contributed by atoms with E-state index in [9.17, 15) is 9.59 Å². The van der Waals surface area contributed by atoms with E-state index in [2.05, 4.69) is 13.8 Å². The smallest absolute Gasteiger partial charge is 0.313 e. The summed E-state index contributed by atoms with van der Waals surface area (Å²) in [5.41, 5.74) is 0. The van der Waals surface area contributed by atoms with Gasteiger partial charge in [0.15, 0.2) is 0 Å². The summed E-state index contributed by atoms with van der Waals surface area (Å²) in [6, 6.07) is 0. The van der Waals surface area contributed by atoms with Gasteiger partial charge >= 0.3 is 11.9 Å². The minimum atomic E-state index is -0.328. The molecule has 0 spiro atoms. The van der Waals surface area contributed by atoms with Crippen LogP contribution in [0.2, 0.25) is 0 Å². The number of hydrogen-bond donors (Lipinski definition) is 0. The maximum Gasteiger partial charge on any atom is 0.313 e. The summed E-state index contributed by atoms with van der Waals surface area (Å²) < 4.78 is 10.2. The molecule has 134 valence electrons. The number of rotatable bonds is 14. The van der Waals surface area contributed by atoms with Gasteiger partial charge in [-0.3, -0.25) is 9.59 Å². The number of carbonyl (C=O) groups is 2. The molecular weight excluding hydrogens is 292 g/mol. The van der Waals surface area contributed by atoms with E-state index < -0.39 is 0 Å². The third-order valence-electron chi connectivity index (χ3n) is 3.63. The summed E-state index contributed by atoms with van der Waals surface area (Å²) in [6.45, 7) is 6.01. The molecule has 0 aliphatic carbocycles. The Labute approximate surface area is 141 Å². The largest absolute Gasteiger partial charge is 0.393 e. The van der Waals surface area contributed by atoms with Gasteiger partial charge in [-0.2, -0.15) is 0 Å². The molecule has 4 heteroatoms. The third-order valence-corrected chi connectivity index (χ3v) is 3.63. The first-order valence-corrected chi connectivity index (χ1v) is 9.21. The van der Waals surface area contributed by atoms with Gasteiger partial charge in [0, 0.05) is 12.8 Å². The van der Waals surface area contributed by atoms with Crippen molar-refractivity contribution < 1.29 is 19.1 Å². The minimum absolute atomic E-state index is 0.0158. The third kappa shape index (κ3) is 14.0. The van der Waals surface area contributed by atoms with Gasteiger partial charge in [0.25, 0.3) is 5.95 Å². The van der Waals surface area contributed by atoms with Crippen LogP contribution >= 0.6 is 0 Å². The lowest BCUT2D eigenvalue weighted by Gasteiger charge is -2.09. The summed E-state index contributed by atoms with van der Waals surface area (Å²) in [4.78, 5) is 23.4. The quantitative estimate of drug-likeness (QED) is 0.235. The number of unbranched alkanes of at least 4 members (excludes halogenated alkanes) is 8. The number of esters is 2. The highest BCUT2D eigenvalue weighted by Crippen LogP contribution is 2.11. The van der Waals surface area contributed by atoms with Crippen LogP contribution in [0.3, 0.4) is 0 Å². The van der Waals surface area contributed by atoms with Crippen molar-refractivity contribution in [3.8, 4) is 0 Å². The minimum Gasteiger partial charge on any atom is -0.393 e. The molecule has 0 aromatic carbocycles. The van der Waals surface area contributed by atoms with Gasteiger partial charge < -0.3 is 9.47 Å². The fourth-order valence-corrected chi connectivity index (χ4v) is 2.21. The highest BCUT2D eigenvalue weighted by atomic mass is 16.7. The van der Waals surface area contributed by atoms with Crippen molar-refractivity contribution in [3.05, 3.63) is 12.0 Å². The lowest BCUT2D eigenvalue weighted by atomic mass is 10.1. The Morgan fingerprint density at radius 3 is 1.43 bits per heavy atom. The highest BCUT2D eigenvalue weighted by molar-refractivity contribution is 5.73. The van der Waals surface area contributed by atoms with Gasteiger partial charge in [0.05, 0.1) is 0 Å². The van der Waals surface area contributed by atoms with E-state index in [0.717, 1.165) is 38.5 Å². The summed E-state index contributed by atoms with van der Waals surface area (Å²) in [5, 5.41) is 0. The van der Waals surface area contributed by atoms with Crippen molar-refractivity contribution in [2.75, 3.05) is 0 Å².